The maximum Gasteiger partial charge on any atom is 0.0412 e. The van der Waals surface area contributed by atoms with Gasteiger partial charge >= 0.3 is 0 Å². The molecule has 0 spiro atoms. The molecule has 0 aliphatic rings. The van der Waals surface area contributed by atoms with Gasteiger partial charge in [-0.15, -0.1) is 0 Å². The molecule has 46 valence electrons. The summed E-state index contributed by atoms with van der Waals surface area (Å²) in [5, 5.41) is 0. The summed E-state index contributed by atoms with van der Waals surface area (Å²) in [6, 6.07) is 2.66. The van der Waals surface area contributed by atoms with E-state index in [0.717, 1.165) is 0 Å². The Morgan fingerprint density at radius 1 is 1.25 bits per heavy atom. The second-order valence-corrected chi connectivity index (χ2v) is 5.83. The molecule has 0 unspecified atom stereocenters. The van der Waals surface area contributed by atoms with Crippen molar-refractivity contribution in [2.45, 2.75) is 38.0 Å². The Kier molecular flexibility index (Phi) is 5.87. The van der Waals surface area contributed by atoms with Crippen LogP contribution in [0.3, 0.4) is 0 Å². The van der Waals surface area contributed by atoms with E-state index in [-0.39, 0.29) is 8.80 Å². The van der Waals surface area contributed by atoms with Gasteiger partial charge in [-0.25, -0.2) is 0 Å². The molecule has 0 aliphatic heterocycles. The minimum Gasteiger partial charge on any atom is -0.0713 e. The van der Waals surface area contributed by atoms with Crippen molar-refractivity contribution in [3.63, 3.8) is 0 Å². The first-order valence-electron chi connectivity index (χ1n) is 3.21. The third kappa shape index (κ3) is 6.43. The van der Waals surface area contributed by atoms with Crippen molar-refractivity contribution in [2.24, 2.45) is 0 Å². The van der Waals surface area contributed by atoms with Gasteiger partial charge in [0.2, 0.25) is 0 Å². The Hall–Kier alpha value is 0.434. The zero-order chi connectivity index (χ0) is 6.41. The maximum absolute atomic E-state index is 3.45. The van der Waals surface area contributed by atoms with Crippen LogP contribution < -0.4 is 0 Å². The fourth-order valence-corrected chi connectivity index (χ4v) is 1.81. The number of rotatable bonds is 4. The Labute approximate surface area is 57.7 Å². The Morgan fingerprint density at radius 2 is 1.88 bits per heavy atom. The second kappa shape index (κ2) is 5.57. The molecule has 8 heavy (non-hydrogen) atoms. The fourth-order valence-electron chi connectivity index (χ4n) is 0.604. The lowest BCUT2D eigenvalue weighted by Gasteiger charge is -1.98. The molecule has 4 radical (unpaired) electrons. The van der Waals surface area contributed by atoms with Crippen LogP contribution in [0.25, 0.3) is 0 Å². The van der Waals surface area contributed by atoms with Crippen molar-refractivity contribution in [2.75, 3.05) is 0 Å². The van der Waals surface area contributed by atoms with E-state index in [4.69, 9.17) is 0 Å². The van der Waals surface area contributed by atoms with Crippen LogP contribution in [0.1, 0.15) is 12.8 Å². The molecule has 0 fully saturated rings. The third-order valence-corrected chi connectivity index (χ3v) is 2.81. The van der Waals surface area contributed by atoms with Gasteiger partial charge in [-0.1, -0.05) is 38.0 Å². The summed E-state index contributed by atoms with van der Waals surface area (Å²) in [4.78, 5) is 0. The topological polar surface area (TPSA) is 0 Å². The summed E-state index contributed by atoms with van der Waals surface area (Å²) in [6.45, 7) is 4.75. The van der Waals surface area contributed by atoms with Gasteiger partial charge in [-0.2, -0.15) is 0 Å². The molecule has 0 rings (SSSR count). The Balaban J connectivity index is 2.72. The van der Waals surface area contributed by atoms with Crippen LogP contribution in [0.2, 0.25) is 25.2 Å². The standard InChI is InChI=1S/C6H14Si2/c1-8(2)6-4-3-5-7/h3-6H2,1-2H3. The van der Waals surface area contributed by atoms with Crippen molar-refractivity contribution in [1.82, 2.24) is 0 Å². The predicted molar refractivity (Wildman–Crippen MR) is 42.1 cm³/mol. The molecule has 0 aromatic rings. The molecule has 0 N–H and O–H groups in total. The van der Waals surface area contributed by atoms with Crippen LogP contribution in [-0.2, 0) is 0 Å². The van der Waals surface area contributed by atoms with E-state index >= 15 is 0 Å². The summed E-state index contributed by atoms with van der Waals surface area (Å²) < 4.78 is 0. The van der Waals surface area contributed by atoms with Crippen molar-refractivity contribution in [3.05, 3.63) is 0 Å². The zero-order valence-corrected chi connectivity index (χ0v) is 7.83. The molecule has 0 nitrogen and oxygen atoms in total. The van der Waals surface area contributed by atoms with Gasteiger partial charge in [0.05, 0.1) is 0 Å². The third-order valence-electron chi connectivity index (χ3n) is 1.10. The van der Waals surface area contributed by atoms with Crippen LogP contribution in [-0.4, -0.2) is 19.0 Å². The highest BCUT2D eigenvalue weighted by atomic mass is 28.3. The first-order valence-corrected chi connectivity index (χ1v) is 6.62. The monoisotopic (exact) mass is 142 g/mol. The summed E-state index contributed by atoms with van der Waals surface area (Å²) in [6.07, 6.45) is 2.78. The van der Waals surface area contributed by atoms with E-state index in [2.05, 4.69) is 23.3 Å². The van der Waals surface area contributed by atoms with Crippen molar-refractivity contribution in [1.29, 1.82) is 0 Å². The van der Waals surface area contributed by atoms with E-state index in [1.165, 1.54) is 24.9 Å². The van der Waals surface area contributed by atoms with Gasteiger partial charge in [0.1, 0.15) is 0 Å². The molecule has 0 saturated carbocycles. The van der Waals surface area contributed by atoms with Gasteiger partial charge in [-0.3, -0.25) is 0 Å². The van der Waals surface area contributed by atoms with Crippen LogP contribution in [0.4, 0.5) is 0 Å². The number of unbranched alkanes of at least 4 members (excludes halogenated alkanes) is 1. The largest absolute Gasteiger partial charge is 0.0713 e. The predicted octanol–water partition coefficient (Wildman–Crippen LogP) is 2.11. The first-order chi connectivity index (χ1) is 3.77. The first kappa shape index (κ1) is 8.43. The van der Waals surface area contributed by atoms with Gasteiger partial charge in [0, 0.05) is 19.0 Å². The molecule has 0 saturated heterocycles. The number of hydrogen-bond acceptors (Lipinski definition) is 0. The molecule has 0 bridgehead atoms. The van der Waals surface area contributed by atoms with Crippen LogP contribution in [0.15, 0.2) is 0 Å². The number of hydrogen-bond donors (Lipinski definition) is 0. The lowest BCUT2D eigenvalue weighted by molar-refractivity contribution is 0.873. The van der Waals surface area contributed by atoms with E-state index in [0.29, 0.717) is 0 Å². The summed E-state index contributed by atoms with van der Waals surface area (Å²) in [7, 11) is 3.52. The van der Waals surface area contributed by atoms with Gasteiger partial charge in [-0.05, 0) is 0 Å². The summed E-state index contributed by atoms with van der Waals surface area (Å²) >= 11 is 0. The average Bonchev–Trinajstić information content (AvgIpc) is 1.66. The molecular weight excluding hydrogens is 128 g/mol. The average molecular weight is 142 g/mol. The minimum absolute atomic E-state index is 0.0713. The smallest absolute Gasteiger partial charge is 0.0412 e. The highest BCUT2D eigenvalue weighted by molar-refractivity contribution is 6.55. The SMILES string of the molecule is C[Si](C)CCCC[Si]. The van der Waals surface area contributed by atoms with Crippen molar-refractivity contribution >= 4 is 19.0 Å². The van der Waals surface area contributed by atoms with Crippen molar-refractivity contribution < 1.29 is 0 Å². The Bertz CT molecular complexity index is 43.8. The highest BCUT2D eigenvalue weighted by Crippen LogP contribution is 2.01. The molecular formula is C6H14Si2. The summed E-state index contributed by atoms with van der Waals surface area (Å²) in [5.41, 5.74) is 0. The second-order valence-electron chi connectivity index (χ2n) is 2.41. The summed E-state index contributed by atoms with van der Waals surface area (Å²) in [5.74, 6) is 0. The molecule has 0 aromatic carbocycles. The molecule has 0 aromatic heterocycles. The quantitative estimate of drug-likeness (QED) is 0.416. The van der Waals surface area contributed by atoms with Crippen molar-refractivity contribution in [3.8, 4) is 0 Å². The van der Waals surface area contributed by atoms with Crippen LogP contribution >= 0.6 is 0 Å². The zero-order valence-electron chi connectivity index (χ0n) is 5.83. The van der Waals surface area contributed by atoms with Crippen LogP contribution in [0.5, 0.6) is 0 Å². The van der Waals surface area contributed by atoms with E-state index < -0.39 is 0 Å². The maximum atomic E-state index is 3.45. The lowest BCUT2D eigenvalue weighted by Crippen LogP contribution is -1.97. The van der Waals surface area contributed by atoms with E-state index in [1.807, 2.05) is 0 Å². The molecule has 0 amide bonds. The molecule has 0 aliphatic carbocycles. The normalized spacial score (nSPS) is 10.5. The minimum atomic E-state index is 0.0713. The Morgan fingerprint density at radius 3 is 2.25 bits per heavy atom. The molecule has 2 heteroatoms. The highest BCUT2D eigenvalue weighted by Gasteiger charge is 1.92. The fraction of sp³-hybridized carbons (Fsp3) is 1.00. The van der Waals surface area contributed by atoms with Gasteiger partial charge < -0.3 is 0 Å². The van der Waals surface area contributed by atoms with Gasteiger partial charge in [0.15, 0.2) is 0 Å². The molecule has 0 heterocycles. The van der Waals surface area contributed by atoms with Crippen LogP contribution in [0, 0.1) is 0 Å². The van der Waals surface area contributed by atoms with Gasteiger partial charge in [0.25, 0.3) is 0 Å². The molecule has 0 atom stereocenters. The van der Waals surface area contributed by atoms with E-state index in [1.54, 1.807) is 0 Å². The van der Waals surface area contributed by atoms with E-state index in [9.17, 15) is 0 Å². The lowest BCUT2D eigenvalue weighted by atomic mass is 10.4.